The van der Waals surface area contributed by atoms with E-state index in [4.69, 9.17) is 0 Å². The van der Waals surface area contributed by atoms with Crippen molar-refractivity contribution in [1.29, 1.82) is 0 Å². The van der Waals surface area contributed by atoms with Crippen LogP contribution < -0.4 is 10.2 Å². The van der Waals surface area contributed by atoms with Crippen LogP contribution in [-0.2, 0) is 6.42 Å². The van der Waals surface area contributed by atoms with Crippen molar-refractivity contribution in [3.05, 3.63) is 78.0 Å². The van der Waals surface area contributed by atoms with Gasteiger partial charge in [0.05, 0.1) is 0 Å². The fraction of sp³-hybridized carbons (Fsp3) is 0.150. The molecule has 1 aliphatic heterocycles. The molecule has 0 bridgehead atoms. The minimum absolute atomic E-state index is 0.106. The first-order valence-corrected chi connectivity index (χ1v) is 8.37. The van der Waals surface area contributed by atoms with E-state index < -0.39 is 0 Å². The number of nitrogens with zero attached hydrogens (tertiary/aromatic N) is 3. The third-order valence-corrected chi connectivity index (χ3v) is 4.29. The quantitative estimate of drug-likeness (QED) is 0.793. The molecule has 2 heterocycles. The van der Waals surface area contributed by atoms with Gasteiger partial charge in [-0.25, -0.2) is 0 Å². The van der Waals surface area contributed by atoms with Gasteiger partial charge in [0.25, 0.3) is 5.91 Å². The highest BCUT2D eigenvalue weighted by molar-refractivity contribution is 6.05. The Kier molecular flexibility index (Phi) is 4.12. The lowest BCUT2D eigenvalue weighted by Crippen LogP contribution is -2.36. The van der Waals surface area contributed by atoms with Gasteiger partial charge in [-0.05, 0) is 48.7 Å². The molecule has 4 rings (SSSR count). The number of hydrogen-bond acceptors (Lipinski definition) is 4. The van der Waals surface area contributed by atoms with Crippen LogP contribution >= 0.6 is 0 Å². The highest BCUT2D eigenvalue weighted by Crippen LogP contribution is 2.27. The molecule has 0 unspecified atom stereocenters. The highest BCUT2D eigenvalue weighted by Gasteiger charge is 2.24. The molecule has 0 saturated carbocycles. The van der Waals surface area contributed by atoms with Gasteiger partial charge in [-0.15, -0.1) is 10.2 Å². The smallest absolute Gasteiger partial charge is 0.278 e. The summed E-state index contributed by atoms with van der Waals surface area (Å²) in [6.45, 7) is 0.710. The standard InChI is InChI=1S/C20H18N4O/c25-20(24-14-6-8-15-7-4-5-11-18(15)24)17-12-13-19(23-22-17)21-16-9-2-1-3-10-16/h1-5,7,9-13H,6,8,14H2,(H,21,23). The van der Waals surface area contributed by atoms with Gasteiger partial charge in [-0.2, -0.15) is 0 Å². The minimum Gasteiger partial charge on any atom is -0.339 e. The van der Waals surface area contributed by atoms with Crippen LogP contribution in [0.25, 0.3) is 0 Å². The van der Waals surface area contributed by atoms with E-state index in [1.54, 1.807) is 17.0 Å². The van der Waals surface area contributed by atoms with Crippen molar-refractivity contribution >= 4 is 23.1 Å². The Morgan fingerprint density at radius 2 is 1.72 bits per heavy atom. The number of amides is 1. The largest absolute Gasteiger partial charge is 0.339 e. The Bertz CT molecular complexity index is 878. The third-order valence-electron chi connectivity index (χ3n) is 4.29. The molecule has 25 heavy (non-hydrogen) atoms. The molecular formula is C20H18N4O. The van der Waals surface area contributed by atoms with Crippen molar-refractivity contribution in [3.8, 4) is 0 Å². The molecule has 0 radical (unpaired) electrons. The van der Waals surface area contributed by atoms with E-state index in [0.717, 1.165) is 24.2 Å². The minimum atomic E-state index is -0.106. The SMILES string of the molecule is O=C(c1ccc(Nc2ccccc2)nn1)N1CCCc2ccccc21. The highest BCUT2D eigenvalue weighted by atomic mass is 16.2. The van der Waals surface area contributed by atoms with Gasteiger partial charge >= 0.3 is 0 Å². The molecule has 0 spiro atoms. The molecule has 1 aromatic heterocycles. The second-order valence-corrected chi connectivity index (χ2v) is 5.98. The Morgan fingerprint density at radius 3 is 2.52 bits per heavy atom. The summed E-state index contributed by atoms with van der Waals surface area (Å²) in [7, 11) is 0. The van der Waals surface area contributed by atoms with Crippen LogP contribution in [-0.4, -0.2) is 22.6 Å². The van der Waals surface area contributed by atoms with Gasteiger partial charge in [0.2, 0.25) is 0 Å². The molecule has 0 saturated heterocycles. The van der Waals surface area contributed by atoms with E-state index in [1.165, 1.54) is 5.56 Å². The second kappa shape index (κ2) is 6.73. The van der Waals surface area contributed by atoms with Crippen molar-refractivity contribution < 1.29 is 4.79 Å². The fourth-order valence-electron chi connectivity index (χ4n) is 3.07. The maximum atomic E-state index is 12.8. The van der Waals surface area contributed by atoms with Gasteiger partial charge in [0, 0.05) is 17.9 Å². The number of carbonyl (C=O) groups excluding carboxylic acids is 1. The van der Waals surface area contributed by atoms with E-state index >= 15 is 0 Å². The van der Waals surface area contributed by atoms with Crippen LogP contribution in [0.1, 0.15) is 22.5 Å². The summed E-state index contributed by atoms with van der Waals surface area (Å²) in [5.74, 6) is 0.507. The molecule has 0 atom stereocenters. The summed E-state index contributed by atoms with van der Waals surface area (Å²) < 4.78 is 0. The van der Waals surface area contributed by atoms with Gasteiger partial charge in [0.15, 0.2) is 11.5 Å². The van der Waals surface area contributed by atoms with Gasteiger partial charge in [-0.1, -0.05) is 36.4 Å². The van der Waals surface area contributed by atoms with Crippen LogP contribution in [0, 0.1) is 0 Å². The van der Waals surface area contributed by atoms with Crippen molar-refractivity contribution in [2.45, 2.75) is 12.8 Å². The molecule has 0 fully saturated rings. The zero-order valence-corrected chi connectivity index (χ0v) is 13.7. The van der Waals surface area contributed by atoms with E-state index in [2.05, 4.69) is 21.6 Å². The van der Waals surface area contributed by atoms with E-state index in [9.17, 15) is 4.79 Å². The topological polar surface area (TPSA) is 58.1 Å². The number of anilines is 3. The number of hydrogen-bond donors (Lipinski definition) is 1. The summed E-state index contributed by atoms with van der Waals surface area (Å²) in [5.41, 5.74) is 3.47. The molecule has 1 N–H and O–H groups in total. The first kappa shape index (κ1) is 15.3. The normalized spacial score (nSPS) is 13.2. The van der Waals surface area contributed by atoms with Crippen LogP contribution in [0.15, 0.2) is 66.7 Å². The van der Waals surface area contributed by atoms with Crippen molar-refractivity contribution in [1.82, 2.24) is 10.2 Å². The Balaban J connectivity index is 1.54. The number of aryl methyl sites for hydroxylation is 1. The Labute approximate surface area is 146 Å². The van der Waals surface area contributed by atoms with Gasteiger partial charge in [-0.3, -0.25) is 4.79 Å². The maximum absolute atomic E-state index is 12.8. The third kappa shape index (κ3) is 3.21. The first-order chi connectivity index (χ1) is 12.3. The molecule has 124 valence electrons. The van der Waals surface area contributed by atoms with Gasteiger partial charge in [0.1, 0.15) is 0 Å². The monoisotopic (exact) mass is 330 g/mol. The molecule has 1 amide bonds. The van der Waals surface area contributed by atoms with Crippen LogP contribution in [0.3, 0.4) is 0 Å². The molecule has 0 aliphatic carbocycles. The van der Waals surface area contributed by atoms with Gasteiger partial charge < -0.3 is 10.2 Å². The van der Waals surface area contributed by atoms with Crippen LogP contribution in [0.4, 0.5) is 17.2 Å². The van der Waals surface area contributed by atoms with Crippen molar-refractivity contribution in [2.75, 3.05) is 16.8 Å². The molecule has 5 nitrogen and oxygen atoms in total. The zero-order chi connectivity index (χ0) is 17.1. The lowest BCUT2D eigenvalue weighted by molar-refractivity contribution is 0.0979. The summed E-state index contributed by atoms with van der Waals surface area (Å²) in [5, 5.41) is 11.4. The molecule has 3 aromatic rings. The number of para-hydroxylation sites is 2. The number of rotatable bonds is 3. The predicted molar refractivity (Wildman–Crippen MR) is 98.2 cm³/mol. The summed E-state index contributed by atoms with van der Waals surface area (Å²) in [4.78, 5) is 14.6. The molecular weight excluding hydrogens is 312 g/mol. The first-order valence-electron chi connectivity index (χ1n) is 8.37. The summed E-state index contributed by atoms with van der Waals surface area (Å²) in [6, 6.07) is 21.3. The maximum Gasteiger partial charge on any atom is 0.278 e. The lowest BCUT2D eigenvalue weighted by atomic mass is 10.0. The average molecular weight is 330 g/mol. The molecule has 2 aromatic carbocycles. The number of benzene rings is 2. The number of carbonyl (C=O) groups is 1. The van der Waals surface area contributed by atoms with Crippen LogP contribution in [0.2, 0.25) is 0 Å². The zero-order valence-electron chi connectivity index (χ0n) is 13.7. The van der Waals surface area contributed by atoms with E-state index in [1.807, 2.05) is 48.5 Å². The summed E-state index contributed by atoms with van der Waals surface area (Å²) >= 11 is 0. The molecule has 5 heteroatoms. The Morgan fingerprint density at radius 1 is 0.920 bits per heavy atom. The van der Waals surface area contributed by atoms with Crippen LogP contribution in [0.5, 0.6) is 0 Å². The van der Waals surface area contributed by atoms with E-state index in [-0.39, 0.29) is 5.91 Å². The Hall–Kier alpha value is -3.21. The van der Waals surface area contributed by atoms with Crippen molar-refractivity contribution in [2.24, 2.45) is 0 Å². The van der Waals surface area contributed by atoms with Crippen molar-refractivity contribution in [3.63, 3.8) is 0 Å². The number of fused-ring (bicyclic) bond motifs is 1. The van der Waals surface area contributed by atoms with E-state index in [0.29, 0.717) is 18.1 Å². The number of aromatic nitrogens is 2. The number of nitrogens with one attached hydrogen (secondary N) is 1. The average Bonchev–Trinajstić information content (AvgIpc) is 2.68. The predicted octanol–water partition coefficient (Wildman–Crippen LogP) is 3.81. The fourth-order valence-corrected chi connectivity index (χ4v) is 3.07. The second-order valence-electron chi connectivity index (χ2n) is 5.98. The lowest BCUT2D eigenvalue weighted by Gasteiger charge is -2.29. The molecule has 1 aliphatic rings. The summed E-state index contributed by atoms with van der Waals surface area (Å²) in [6.07, 6.45) is 1.97.